The van der Waals surface area contributed by atoms with E-state index in [0.717, 1.165) is 11.3 Å². The normalized spacial score (nSPS) is 10.4. The van der Waals surface area contributed by atoms with E-state index in [1.807, 2.05) is 31.2 Å². The standard InChI is InChI=1S/C19H18ClN3O3/c1-12-17(11-21-19(24)23-16-6-4-3-5-15(16)20)22-18(26-12)13-7-9-14(25-2)10-8-13/h3-10H,11H2,1-2H3,(H2,21,23,24). The number of aryl methyl sites for hydroxylation is 1. The first-order valence-electron chi connectivity index (χ1n) is 7.97. The lowest BCUT2D eigenvalue weighted by Gasteiger charge is -2.07. The molecule has 26 heavy (non-hydrogen) atoms. The summed E-state index contributed by atoms with van der Waals surface area (Å²) in [5, 5.41) is 5.92. The number of benzene rings is 2. The van der Waals surface area contributed by atoms with Gasteiger partial charge in [0.1, 0.15) is 17.2 Å². The molecule has 2 aromatic carbocycles. The van der Waals surface area contributed by atoms with E-state index in [-0.39, 0.29) is 12.6 Å². The second kappa shape index (κ2) is 7.93. The molecule has 0 saturated heterocycles. The van der Waals surface area contributed by atoms with Crippen LogP contribution in [0.1, 0.15) is 11.5 Å². The number of carbonyl (C=O) groups is 1. The van der Waals surface area contributed by atoms with Crippen molar-refractivity contribution in [1.82, 2.24) is 10.3 Å². The minimum atomic E-state index is -0.369. The maximum Gasteiger partial charge on any atom is 0.319 e. The van der Waals surface area contributed by atoms with Crippen LogP contribution >= 0.6 is 11.6 Å². The number of aromatic nitrogens is 1. The lowest BCUT2D eigenvalue weighted by Crippen LogP contribution is -2.28. The Kier molecular flexibility index (Phi) is 5.43. The van der Waals surface area contributed by atoms with Crippen molar-refractivity contribution in [3.8, 4) is 17.2 Å². The van der Waals surface area contributed by atoms with Crippen LogP contribution in [0.5, 0.6) is 5.75 Å². The Morgan fingerprint density at radius 1 is 1.19 bits per heavy atom. The van der Waals surface area contributed by atoms with E-state index < -0.39 is 0 Å². The number of anilines is 1. The third-order valence-electron chi connectivity index (χ3n) is 3.77. The van der Waals surface area contributed by atoms with Crippen LogP contribution < -0.4 is 15.4 Å². The summed E-state index contributed by atoms with van der Waals surface area (Å²) in [7, 11) is 1.61. The zero-order chi connectivity index (χ0) is 18.5. The summed E-state index contributed by atoms with van der Waals surface area (Å²) in [5.74, 6) is 1.90. The first kappa shape index (κ1) is 17.8. The van der Waals surface area contributed by atoms with Crippen molar-refractivity contribution in [2.45, 2.75) is 13.5 Å². The Balaban J connectivity index is 1.64. The highest BCUT2D eigenvalue weighted by Gasteiger charge is 2.13. The van der Waals surface area contributed by atoms with Crippen LogP contribution in [-0.2, 0) is 6.54 Å². The maximum atomic E-state index is 12.0. The highest BCUT2D eigenvalue weighted by Crippen LogP contribution is 2.24. The van der Waals surface area contributed by atoms with Gasteiger partial charge in [0.05, 0.1) is 24.4 Å². The number of nitrogens with one attached hydrogen (secondary N) is 2. The molecular weight excluding hydrogens is 354 g/mol. The van der Waals surface area contributed by atoms with Crippen LogP contribution in [0.15, 0.2) is 52.9 Å². The zero-order valence-electron chi connectivity index (χ0n) is 14.4. The summed E-state index contributed by atoms with van der Waals surface area (Å²) in [6.07, 6.45) is 0. The Hall–Kier alpha value is -2.99. The summed E-state index contributed by atoms with van der Waals surface area (Å²) < 4.78 is 10.8. The van der Waals surface area contributed by atoms with Gasteiger partial charge in [0.2, 0.25) is 5.89 Å². The zero-order valence-corrected chi connectivity index (χ0v) is 15.1. The van der Waals surface area contributed by atoms with Crippen LogP contribution in [-0.4, -0.2) is 18.1 Å². The molecule has 0 radical (unpaired) electrons. The molecule has 0 atom stereocenters. The van der Waals surface area contributed by atoms with Crippen LogP contribution in [0.2, 0.25) is 5.02 Å². The Bertz CT molecular complexity index is 907. The summed E-state index contributed by atoms with van der Waals surface area (Å²) in [6.45, 7) is 2.05. The van der Waals surface area contributed by atoms with Crippen molar-refractivity contribution < 1.29 is 13.9 Å². The minimum absolute atomic E-state index is 0.238. The number of hydrogen-bond donors (Lipinski definition) is 2. The topological polar surface area (TPSA) is 76.4 Å². The van der Waals surface area contributed by atoms with Gasteiger partial charge in [0, 0.05) is 5.56 Å². The summed E-state index contributed by atoms with van der Waals surface area (Å²) in [6, 6.07) is 14.1. The smallest absolute Gasteiger partial charge is 0.319 e. The largest absolute Gasteiger partial charge is 0.497 e. The molecule has 0 fully saturated rings. The van der Waals surface area contributed by atoms with E-state index >= 15 is 0 Å². The molecule has 0 aliphatic heterocycles. The van der Waals surface area contributed by atoms with Crippen molar-refractivity contribution in [2.24, 2.45) is 0 Å². The maximum absolute atomic E-state index is 12.0. The number of oxazole rings is 1. The quantitative estimate of drug-likeness (QED) is 0.685. The van der Waals surface area contributed by atoms with E-state index in [1.54, 1.807) is 31.4 Å². The second-order valence-corrected chi connectivity index (χ2v) is 5.95. The number of amides is 2. The molecule has 1 aromatic heterocycles. The van der Waals surface area contributed by atoms with Gasteiger partial charge in [-0.05, 0) is 43.3 Å². The number of ether oxygens (including phenoxy) is 1. The van der Waals surface area contributed by atoms with Gasteiger partial charge >= 0.3 is 6.03 Å². The first-order chi connectivity index (χ1) is 12.6. The van der Waals surface area contributed by atoms with Crippen molar-refractivity contribution >= 4 is 23.3 Å². The van der Waals surface area contributed by atoms with Crippen LogP contribution in [0.25, 0.3) is 11.5 Å². The van der Waals surface area contributed by atoms with E-state index in [2.05, 4.69) is 15.6 Å². The van der Waals surface area contributed by atoms with E-state index in [4.69, 9.17) is 20.8 Å². The number of urea groups is 1. The summed E-state index contributed by atoms with van der Waals surface area (Å²) >= 11 is 6.02. The van der Waals surface area contributed by atoms with Crippen molar-refractivity contribution in [3.63, 3.8) is 0 Å². The van der Waals surface area contributed by atoms with E-state index in [9.17, 15) is 4.79 Å². The van der Waals surface area contributed by atoms with Gasteiger partial charge in [0.25, 0.3) is 0 Å². The highest BCUT2D eigenvalue weighted by molar-refractivity contribution is 6.33. The third-order valence-corrected chi connectivity index (χ3v) is 4.10. The monoisotopic (exact) mass is 371 g/mol. The van der Waals surface area contributed by atoms with Crippen LogP contribution in [0.3, 0.4) is 0 Å². The highest BCUT2D eigenvalue weighted by atomic mass is 35.5. The Labute approximate surface area is 156 Å². The number of methoxy groups -OCH3 is 1. The molecule has 1 heterocycles. The molecule has 3 rings (SSSR count). The lowest BCUT2D eigenvalue weighted by molar-refractivity contribution is 0.251. The van der Waals surface area contributed by atoms with Gasteiger partial charge in [0.15, 0.2) is 0 Å². The lowest BCUT2D eigenvalue weighted by atomic mass is 10.2. The number of carbonyl (C=O) groups excluding carboxylic acids is 1. The molecule has 2 amide bonds. The molecule has 0 saturated carbocycles. The van der Waals surface area contributed by atoms with Gasteiger partial charge < -0.3 is 19.8 Å². The average molecular weight is 372 g/mol. The van der Waals surface area contributed by atoms with Crippen molar-refractivity contribution in [3.05, 3.63) is 65.0 Å². The average Bonchev–Trinajstić information content (AvgIpc) is 3.03. The first-order valence-corrected chi connectivity index (χ1v) is 8.34. The SMILES string of the molecule is COc1ccc(-c2nc(CNC(=O)Nc3ccccc3Cl)c(C)o2)cc1. The molecular formula is C19H18ClN3O3. The second-order valence-electron chi connectivity index (χ2n) is 5.54. The van der Waals surface area contributed by atoms with Gasteiger partial charge in [-0.15, -0.1) is 0 Å². The third kappa shape index (κ3) is 4.15. The predicted octanol–water partition coefficient (Wildman–Crippen LogP) is 4.63. The molecule has 6 nitrogen and oxygen atoms in total. The van der Waals surface area contributed by atoms with E-state index in [0.29, 0.717) is 28.1 Å². The molecule has 0 bridgehead atoms. The number of para-hydroxylation sites is 1. The molecule has 2 N–H and O–H groups in total. The van der Waals surface area contributed by atoms with Crippen LogP contribution in [0, 0.1) is 6.92 Å². The fourth-order valence-corrected chi connectivity index (χ4v) is 2.53. The minimum Gasteiger partial charge on any atom is -0.497 e. The van der Waals surface area contributed by atoms with Crippen molar-refractivity contribution in [1.29, 1.82) is 0 Å². The summed E-state index contributed by atoms with van der Waals surface area (Å²) in [5.41, 5.74) is 2.04. The fraction of sp³-hybridized carbons (Fsp3) is 0.158. The number of nitrogens with zero attached hydrogens (tertiary/aromatic N) is 1. The van der Waals surface area contributed by atoms with Gasteiger partial charge in [-0.1, -0.05) is 23.7 Å². The van der Waals surface area contributed by atoms with Gasteiger partial charge in [-0.2, -0.15) is 0 Å². The molecule has 0 spiro atoms. The molecule has 0 aliphatic rings. The molecule has 0 aliphatic carbocycles. The van der Waals surface area contributed by atoms with E-state index in [1.165, 1.54) is 0 Å². The predicted molar refractivity (Wildman–Crippen MR) is 101 cm³/mol. The molecule has 134 valence electrons. The number of hydrogen-bond acceptors (Lipinski definition) is 4. The molecule has 7 heteroatoms. The van der Waals surface area contributed by atoms with Gasteiger partial charge in [-0.3, -0.25) is 0 Å². The summed E-state index contributed by atoms with van der Waals surface area (Å²) in [4.78, 5) is 16.5. The fourth-order valence-electron chi connectivity index (χ4n) is 2.34. The van der Waals surface area contributed by atoms with Crippen LogP contribution in [0.4, 0.5) is 10.5 Å². The van der Waals surface area contributed by atoms with Gasteiger partial charge in [-0.25, -0.2) is 9.78 Å². The number of rotatable bonds is 5. The molecule has 3 aromatic rings. The van der Waals surface area contributed by atoms with Crippen molar-refractivity contribution in [2.75, 3.05) is 12.4 Å². The molecule has 0 unspecified atom stereocenters. The Morgan fingerprint density at radius 3 is 2.62 bits per heavy atom. The Morgan fingerprint density at radius 2 is 1.92 bits per heavy atom. The number of halogens is 1.